The Hall–Kier alpha value is -0.883. The molecule has 1 aromatic carbocycles. The van der Waals surface area contributed by atoms with Crippen LogP contribution in [0.1, 0.15) is 6.92 Å². The van der Waals surface area contributed by atoms with Gasteiger partial charge in [0, 0.05) is 18.8 Å². The van der Waals surface area contributed by atoms with Crippen molar-refractivity contribution in [1.29, 1.82) is 0 Å². The fourth-order valence-corrected chi connectivity index (χ4v) is 6.53. The van der Waals surface area contributed by atoms with Crippen LogP contribution in [0.4, 0.5) is 0 Å². The summed E-state index contributed by atoms with van der Waals surface area (Å²) in [6.07, 6.45) is 0. The molecule has 2 aliphatic heterocycles. The summed E-state index contributed by atoms with van der Waals surface area (Å²) in [4.78, 5) is 0. The van der Waals surface area contributed by atoms with Crippen LogP contribution in [0.3, 0.4) is 0 Å². The Bertz CT molecular complexity index is 429. The minimum absolute atomic E-state index is 0.388. The first-order valence-corrected chi connectivity index (χ1v) is 8.05. The highest BCUT2D eigenvalue weighted by atomic mass is 28.3. The predicted octanol–water partition coefficient (Wildman–Crippen LogP) is 0.789. The van der Waals surface area contributed by atoms with E-state index in [-0.39, 0.29) is 5.41 Å². The van der Waals surface area contributed by atoms with Gasteiger partial charge < -0.3 is 18.9 Å². The van der Waals surface area contributed by atoms with Crippen LogP contribution in [-0.4, -0.2) is 41.3 Å². The van der Waals surface area contributed by atoms with Crippen LogP contribution < -0.4 is 9.92 Å². The van der Waals surface area contributed by atoms with Crippen molar-refractivity contribution in [1.82, 2.24) is 0 Å². The number of hydrogen-bond acceptors (Lipinski definition) is 4. The van der Waals surface area contributed by atoms with Gasteiger partial charge in [0.05, 0.1) is 7.11 Å². The van der Waals surface area contributed by atoms with Gasteiger partial charge in [-0.05, 0) is 19.1 Å². The zero-order valence-corrected chi connectivity index (χ0v) is 11.9. The van der Waals surface area contributed by atoms with Gasteiger partial charge in [-0.15, -0.1) is 0 Å². The van der Waals surface area contributed by atoms with Crippen LogP contribution >= 0.6 is 0 Å². The molecule has 0 radical (unpaired) electrons. The summed E-state index contributed by atoms with van der Waals surface area (Å²) < 4.78 is 22.1. The topological polar surface area (TPSA) is 36.9 Å². The molecule has 98 valence electrons. The molecule has 0 amide bonds. The fraction of sp³-hybridized carbons (Fsp3) is 0.538. The van der Waals surface area contributed by atoms with E-state index in [1.165, 1.54) is 5.19 Å². The molecule has 2 saturated heterocycles. The first-order valence-electron chi connectivity index (χ1n) is 6.22. The highest BCUT2D eigenvalue weighted by Gasteiger charge is 2.50. The van der Waals surface area contributed by atoms with Gasteiger partial charge in [0.2, 0.25) is 0 Å². The summed E-state index contributed by atoms with van der Waals surface area (Å²) in [5.41, 5.74) is 0.197. The minimum Gasteiger partial charge on any atom is -0.497 e. The van der Waals surface area contributed by atoms with Crippen molar-refractivity contribution < 1.29 is 18.9 Å². The quantitative estimate of drug-likeness (QED) is 0.755. The summed E-state index contributed by atoms with van der Waals surface area (Å²) >= 11 is 0. The van der Waals surface area contributed by atoms with Crippen LogP contribution in [-0.2, 0) is 14.2 Å². The van der Waals surface area contributed by atoms with Gasteiger partial charge in [0.1, 0.15) is 14.5 Å². The maximum absolute atomic E-state index is 5.71. The van der Waals surface area contributed by atoms with Crippen molar-refractivity contribution in [3.63, 3.8) is 0 Å². The predicted molar refractivity (Wildman–Crippen MR) is 69.8 cm³/mol. The highest BCUT2D eigenvalue weighted by molar-refractivity contribution is 6.77. The van der Waals surface area contributed by atoms with Crippen molar-refractivity contribution in [3.8, 4) is 5.75 Å². The second kappa shape index (κ2) is 4.66. The molecular weight excluding hydrogens is 248 g/mol. The molecule has 18 heavy (non-hydrogen) atoms. The van der Waals surface area contributed by atoms with E-state index >= 15 is 0 Å². The second-order valence-corrected chi connectivity index (χ2v) is 8.59. The van der Waals surface area contributed by atoms with Crippen molar-refractivity contribution in [2.75, 3.05) is 27.1 Å². The third-order valence-corrected chi connectivity index (χ3v) is 7.71. The Morgan fingerprint density at radius 1 is 1.33 bits per heavy atom. The molecule has 0 aromatic heterocycles. The molecule has 0 aliphatic carbocycles. The molecular formula is C13H18O4Si. The molecule has 2 fully saturated rings. The largest absolute Gasteiger partial charge is 0.497 e. The van der Waals surface area contributed by atoms with Crippen LogP contribution in [0.2, 0.25) is 5.54 Å². The maximum atomic E-state index is 5.71. The van der Waals surface area contributed by atoms with Crippen LogP contribution in [0, 0.1) is 0 Å². The molecule has 0 N–H and O–H groups in total. The molecule has 4 nitrogen and oxygen atoms in total. The van der Waals surface area contributed by atoms with Crippen molar-refractivity contribution >= 4 is 14.0 Å². The van der Waals surface area contributed by atoms with Gasteiger partial charge in [-0.1, -0.05) is 17.3 Å². The molecule has 2 aliphatic rings. The number of ether oxygens (including phenoxy) is 4. The smallest absolute Gasteiger partial charge is 0.156 e. The highest BCUT2D eigenvalue weighted by Crippen LogP contribution is 2.35. The van der Waals surface area contributed by atoms with Crippen LogP contribution in [0.5, 0.6) is 5.75 Å². The first kappa shape index (κ1) is 12.2. The minimum atomic E-state index is -1.41. The molecule has 1 aromatic rings. The molecule has 2 heterocycles. The van der Waals surface area contributed by atoms with E-state index in [1.807, 2.05) is 12.1 Å². The van der Waals surface area contributed by atoms with E-state index in [0.29, 0.717) is 12.3 Å². The Balaban J connectivity index is 1.91. The van der Waals surface area contributed by atoms with Gasteiger partial charge in [-0.3, -0.25) is 0 Å². The van der Waals surface area contributed by atoms with Crippen LogP contribution in [0.25, 0.3) is 0 Å². The van der Waals surface area contributed by atoms with Gasteiger partial charge in [-0.25, -0.2) is 0 Å². The summed E-state index contributed by atoms with van der Waals surface area (Å²) in [5.74, 6) is 0.896. The van der Waals surface area contributed by atoms with Gasteiger partial charge >= 0.3 is 0 Å². The molecule has 1 unspecified atom stereocenters. The third kappa shape index (κ3) is 1.97. The third-order valence-electron chi connectivity index (χ3n) is 3.84. The lowest BCUT2D eigenvalue weighted by Crippen LogP contribution is -2.65. The zero-order valence-electron chi connectivity index (χ0n) is 10.7. The fourth-order valence-electron chi connectivity index (χ4n) is 2.71. The van der Waals surface area contributed by atoms with E-state index in [4.69, 9.17) is 18.9 Å². The van der Waals surface area contributed by atoms with Crippen molar-refractivity contribution in [3.05, 3.63) is 24.3 Å². The summed E-state index contributed by atoms with van der Waals surface area (Å²) in [5, 5.41) is 1.32. The molecule has 0 spiro atoms. The number of hydrogen-bond donors (Lipinski definition) is 0. The SMILES string of the molecule is COc1cccc([SiH](C2COC2)C2(C)OCO2)c1. The molecule has 5 heteroatoms. The first-order chi connectivity index (χ1) is 8.73. The molecule has 3 rings (SSSR count). The average molecular weight is 266 g/mol. The van der Waals surface area contributed by atoms with Crippen LogP contribution in [0.15, 0.2) is 24.3 Å². The van der Waals surface area contributed by atoms with E-state index in [9.17, 15) is 0 Å². The molecule has 0 bridgehead atoms. The number of benzene rings is 1. The lowest BCUT2D eigenvalue weighted by atomic mass is 10.3. The van der Waals surface area contributed by atoms with E-state index in [1.54, 1.807) is 7.11 Å². The van der Waals surface area contributed by atoms with Gasteiger partial charge in [-0.2, -0.15) is 0 Å². The van der Waals surface area contributed by atoms with Crippen molar-refractivity contribution in [2.45, 2.75) is 17.9 Å². The Kier molecular flexibility index (Phi) is 3.15. The maximum Gasteiger partial charge on any atom is 0.156 e. The monoisotopic (exact) mass is 266 g/mol. The van der Waals surface area contributed by atoms with E-state index in [0.717, 1.165) is 19.0 Å². The van der Waals surface area contributed by atoms with Crippen molar-refractivity contribution in [2.24, 2.45) is 0 Å². The average Bonchev–Trinajstić information content (AvgIpc) is 2.31. The second-order valence-electron chi connectivity index (χ2n) is 4.97. The Morgan fingerprint density at radius 3 is 2.61 bits per heavy atom. The molecule has 0 saturated carbocycles. The summed E-state index contributed by atoms with van der Waals surface area (Å²) in [6.45, 7) is 4.13. The number of rotatable bonds is 4. The van der Waals surface area contributed by atoms with E-state index in [2.05, 4.69) is 19.1 Å². The van der Waals surface area contributed by atoms with Gasteiger partial charge in [0.25, 0.3) is 0 Å². The zero-order chi connectivity index (χ0) is 12.6. The lowest BCUT2D eigenvalue weighted by molar-refractivity contribution is -0.346. The standard InChI is InChI=1S/C13H18O4Si/c1-13(16-9-17-13)18(12-7-15-8-12)11-5-3-4-10(6-11)14-2/h3-6,12,18H,7-9H2,1-2H3. The Morgan fingerprint density at radius 2 is 2.11 bits per heavy atom. The molecule has 1 atom stereocenters. The Labute approximate surface area is 108 Å². The van der Waals surface area contributed by atoms with E-state index < -0.39 is 8.80 Å². The lowest BCUT2D eigenvalue weighted by Gasteiger charge is -2.48. The summed E-state index contributed by atoms with van der Waals surface area (Å²) in [7, 11) is 0.281. The van der Waals surface area contributed by atoms with Gasteiger partial charge in [0.15, 0.2) is 12.2 Å². The summed E-state index contributed by atoms with van der Waals surface area (Å²) in [6, 6.07) is 8.28. The number of methoxy groups -OCH3 is 1. The normalized spacial score (nSPS) is 23.9.